The summed E-state index contributed by atoms with van der Waals surface area (Å²) in [6.45, 7) is 9.18. The van der Waals surface area contributed by atoms with E-state index in [9.17, 15) is 0 Å². The normalized spacial score (nSPS) is 11.1. The fourth-order valence-corrected chi connectivity index (χ4v) is 1.61. The van der Waals surface area contributed by atoms with Crippen LogP contribution in [0, 0.1) is 6.92 Å². The molecule has 2 nitrogen and oxygen atoms in total. The predicted molar refractivity (Wildman–Crippen MR) is 73.2 cm³/mol. The third kappa shape index (κ3) is 7.14. The van der Waals surface area contributed by atoms with E-state index >= 15 is 0 Å². The van der Waals surface area contributed by atoms with Crippen molar-refractivity contribution in [2.75, 3.05) is 13.2 Å². The molecule has 1 N–H and O–H groups in total. The number of aryl methyl sites for hydroxylation is 1. The Hall–Kier alpha value is -0.860. The van der Waals surface area contributed by atoms with Crippen molar-refractivity contribution in [3.05, 3.63) is 35.4 Å². The highest BCUT2D eigenvalue weighted by atomic mass is 16.5. The molecule has 1 aromatic carbocycles. The van der Waals surface area contributed by atoms with E-state index in [0.29, 0.717) is 6.10 Å². The number of rotatable bonds is 8. The first kappa shape index (κ1) is 14.2. The summed E-state index contributed by atoms with van der Waals surface area (Å²) in [5.74, 6) is 0. The van der Waals surface area contributed by atoms with Crippen LogP contribution in [0.3, 0.4) is 0 Å². The molecule has 0 aliphatic rings. The van der Waals surface area contributed by atoms with E-state index in [2.05, 4.69) is 50.4 Å². The van der Waals surface area contributed by atoms with Gasteiger partial charge in [-0.3, -0.25) is 0 Å². The second-order valence-corrected chi connectivity index (χ2v) is 4.79. The fourth-order valence-electron chi connectivity index (χ4n) is 1.61. The summed E-state index contributed by atoms with van der Waals surface area (Å²) in [6.07, 6.45) is 2.67. The molecule has 0 radical (unpaired) electrons. The van der Waals surface area contributed by atoms with Crippen LogP contribution in [0.25, 0.3) is 0 Å². The third-order valence-electron chi connectivity index (χ3n) is 2.65. The molecule has 17 heavy (non-hydrogen) atoms. The SMILES string of the molecule is Cc1ccc(CNCCCCOC(C)C)cc1. The molecule has 1 rings (SSSR count). The number of hydrogen-bond acceptors (Lipinski definition) is 2. The van der Waals surface area contributed by atoms with Crippen LogP contribution in [-0.2, 0) is 11.3 Å². The van der Waals surface area contributed by atoms with Crippen LogP contribution in [0.5, 0.6) is 0 Å². The molecule has 0 aliphatic heterocycles. The first-order chi connectivity index (χ1) is 8.18. The Morgan fingerprint density at radius 2 is 1.82 bits per heavy atom. The molecule has 0 heterocycles. The van der Waals surface area contributed by atoms with Gasteiger partial charge in [0.15, 0.2) is 0 Å². The van der Waals surface area contributed by atoms with Crippen LogP contribution in [0.4, 0.5) is 0 Å². The number of benzene rings is 1. The maximum Gasteiger partial charge on any atom is 0.0518 e. The zero-order valence-corrected chi connectivity index (χ0v) is 11.3. The van der Waals surface area contributed by atoms with Gasteiger partial charge >= 0.3 is 0 Å². The smallest absolute Gasteiger partial charge is 0.0518 e. The lowest BCUT2D eigenvalue weighted by molar-refractivity contribution is 0.0760. The van der Waals surface area contributed by atoms with Gasteiger partial charge in [-0.05, 0) is 45.7 Å². The quantitative estimate of drug-likeness (QED) is 0.698. The van der Waals surface area contributed by atoms with Gasteiger partial charge in [0, 0.05) is 13.2 Å². The van der Waals surface area contributed by atoms with Gasteiger partial charge in [-0.1, -0.05) is 29.8 Å². The first-order valence-corrected chi connectivity index (χ1v) is 6.56. The van der Waals surface area contributed by atoms with E-state index in [0.717, 1.165) is 26.1 Å². The van der Waals surface area contributed by atoms with Crippen molar-refractivity contribution in [2.45, 2.75) is 46.3 Å². The molecule has 0 saturated carbocycles. The summed E-state index contributed by atoms with van der Waals surface area (Å²) in [4.78, 5) is 0. The van der Waals surface area contributed by atoms with Crippen LogP contribution in [0.1, 0.15) is 37.8 Å². The molecule has 1 aromatic rings. The summed E-state index contributed by atoms with van der Waals surface area (Å²) in [6, 6.07) is 8.69. The number of ether oxygens (including phenoxy) is 1. The van der Waals surface area contributed by atoms with Crippen LogP contribution in [0.15, 0.2) is 24.3 Å². The van der Waals surface area contributed by atoms with Crippen LogP contribution in [0.2, 0.25) is 0 Å². The van der Waals surface area contributed by atoms with Crippen molar-refractivity contribution in [1.29, 1.82) is 0 Å². The highest BCUT2D eigenvalue weighted by Gasteiger charge is 1.94. The van der Waals surface area contributed by atoms with Gasteiger partial charge in [0.05, 0.1) is 6.10 Å². The summed E-state index contributed by atoms with van der Waals surface area (Å²) in [7, 11) is 0. The van der Waals surface area contributed by atoms with Crippen molar-refractivity contribution >= 4 is 0 Å². The van der Waals surface area contributed by atoms with Gasteiger partial charge in [-0.2, -0.15) is 0 Å². The number of nitrogens with one attached hydrogen (secondary N) is 1. The molecule has 0 amide bonds. The van der Waals surface area contributed by atoms with E-state index in [4.69, 9.17) is 4.74 Å². The zero-order chi connectivity index (χ0) is 12.5. The van der Waals surface area contributed by atoms with E-state index < -0.39 is 0 Å². The largest absolute Gasteiger partial charge is 0.379 e. The van der Waals surface area contributed by atoms with E-state index in [1.54, 1.807) is 0 Å². The first-order valence-electron chi connectivity index (χ1n) is 6.56. The second-order valence-electron chi connectivity index (χ2n) is 4.79. The fraction of sp³-hybridized carbons (Fsp3) is 0.600. The molecule has 0 aliphatic carbocycles. The Kier molecular flexibility index (Phi) is 6.90. The Morgan fingerprint density at radius 1 is 1.12 bits per heavy atom. The lowest BCUT2D eigenvalue weighted by Crippen LogP contribution is -2.15. The Bertz CT molecular complexity index is 292. The number of unbranched alkanes of at least 4 members (excludes halogenated alkanes) is 1. The van der Waals surface area contributed by atoms with Gasteiger partial charge < -0.3 is 10.1 Å². The molecule has 0 bridgehead atoms. The maximum atomic E-state index is 5.49. The molecular weight excluding hydrogens is 210 g/mol. The minimum absolute atomic E-state index is 0.357. The van der Waals surface area contributed by atoms with Gasteiger partial charge in [0.1, 0.15) is 0 Å². The molecule has 0 saturated heterocycles. The maximum absolute atomic E-state index is 5.49. The minimum atomic E-state index is 0.357. The molecule has 0 atom stereocenters. The molecule has 0 unspecified atom stereocenters. The molecule has 0 aromatic heterocycles. The lowest BCUT2D eigenvalue weighted by atomic mass is 10.1. The van der Waals surface area contributed by atoms with Gasteiger partial charge in [0.2, 0.25) is 0 Å². The summed E-state index contributed by atoms with van der Waals surface area (Å²) in [5.41, 5.74) is 2.67. The summed E-state index contributed by atoms with van der Waals surface area (Å²) >= 11 is 0. The third-order valence-corrected chi connectivity index (χ3v) is 2.65. The highest BCUT2D eigenvalue weighted by molar-refractivity contribution is 5.20. The van der Waals surface area contributed by atoms with Crippen molar-refractivity contribution in [2.24, 2.45) is 0 Å². The lowest BCUT2D eigenvalue weighted by Gasteiger charge is -2.08. The summed E-state index contributed by atoms with van der Waals surface area (Å²) < 4.78 is 5.49. The average molecular weight is 235 g/mol. The Balaban J connectivity index is 1.99. The van der Waals surface area contributed by atoms with Crippen molar-refractivity contribution < 1.29 is 4.74 Å². The van der Waals surface area contributed by atoms with Crippen molar-refractivity contribution in [1.82, 2.24) is 5.32 Å². The van der Waals surface area contributed by atoms with E-state index in [-0.39, 0.29) is 0 Å². The van der Waals surface area contributed by atoms with E-state index in [1.165, 1.54) is 17.5 Å². The molecular formula is C15H25NO. The minimum Gasteiger partial charge on any atom is -0.379 e. The number of hydrogen-bond donors (Lipinski definition) is 1. The topological polar surface area (TPSA) is 21.3 Å². The average Bonchev–Trinajstić information content (AvgIpc) is 2.30. The van der Waals surface area contributed by atoms with Crippen molar-refractivity contribution in [3.63, 3.8) is 0 Å². The molecule has 96 valence electrons. The van der Waals surface area contributed by atoms with Gasteiger partial charge in [-0.15, -0.1) is 0 Å². The van der Waals surface area contributed by atoms with Crippen LogP contribution < -0.4 is 5.32 Å². The van der Waals surface area contributed by atoms with Crippen LogP contribution >= 0.6 is 0 Å². The molecule has 0 fully saturated rings. The Labute approximate surface area is 105 Å². The standard InChI is InChI=1S/C15H25NO/c1-13(2)17-11-5-4-10-16-12-15-8-6-14(3)7-9-15/h6-9,13,16H,4-5,10-12H2,1-3H3. The molecule has 0 spiro atoms. The van der Waals surface area contributed by atoms with Gasteiger partial charge in [-0.25, -0.2) is 0 Å². The monoisotopic (exact) mass is 235 g/mol. The highest BCUT2D eigenvalue weighted by Crippen LogP contribution is 2.02. The van der Waals surface area contributed by atoms with Gasteiger partial charge in [0.25, 0.3) is 0 Å². The zero-order valence-electron chi connectivity index (χ0n) is 11.3. The Morgan fingerprint density at radius 3 is 2.47 bits per heavy atom. The van der Waals surface area contributed by atoms with Crippen molar-refractivity contribution in [3.8, 4) is 0 Å². The summed E-state index contributed by atoms with van der Waals surface area (Å²) in [5, 5.41) is 3.45. The second kappa shape index (κ2) is 8.26. The van der Waals surface area contributed by atoms with E-state index in [1.807, 2.05) is 0 Å². The van der Waals surface area contributed by atoms with Crippen LogP contribution in [-0.4, -0.2) is 19.3 Å². The molecule has 2 heteroatoms. The predicted octanol–water partition coefficient (Wildman–Crippen LogP) is 3.29.